The highest BCUT2D eigenvalue weighted by molar-refractivity contribution is 5.90. The summed E-state index contributed by atoms with van der Waals surface area (Å²) in [6, 6.07) is 8.99. The van der Waals surface area contributed by atoms with Gasteiger partial charge in [0.25, 0.3) is 0 Å². The molecule has 102 valence electrons. The Labute approximate surface area is 114 Å². The van der Waals surface area contributed by atoms with Crippen molar-refractivity contribution in [1.82, 2.24) is 0 Å². The second-order valence-corrected chi connectivity index (χ2v) is 4.63. The Morgan fingerprint density at radius 1 is 1.47 bits per heavy atom. The fourth-order valence-electron chi connectivity index (χ4n) is 2.01. The van der Waals surface area contributed by atoms with Gasteiger partial charge in [-0.25, -0.2) is 0 Å². The Balaban J connectivity index is 2.44. The van der Waals surface area contributed by atoms with Crippen LogP contribution in [0.25, 0.3) is 0 Å². The van der Waals surface area contributed by atoms with Gasteiger partial charge in [-0.05, 0) is 43.5 Å². The van der Waals surface area contributed by atoms with Crippen molar-refractivity contribution in [2.24, 2.45) is 11.7 Å². The predicted octanol–water partition coefficient (Wildman–Crippen LogP) is 2.65. The van der Waals surface area contributed by atoms with Gasteiger partial charge < -0.3 is 11.1 Å². The van der Waals surface area contributed by atoms with E-state index in [1.165, 1.54) is 0 Å². The Kier molecular flexibility index (Phi) is 6.62. The Morgan fingerprint density at radius 2 is 2.26 bits per heavy atom. The molecule has 1 atom stereocenters. The van der Waals surface area contributed by atoms with Crippen LogP contribution in [0.4, 0.5) is 5.69 Å². The van der Waals surface area contributed by atoms with Crippen LogP contribution in [0.3, 0.4) is 0 Å². The monoisotopic (exact) mass is 259 g/mol. The second-order valence-electron chi connectivity index (χ2n) is 4.63. The first kappa shape index (κ1) is 15.2. The molecule has 0 radical (unpaired) electrons. The lowest BCUT2D eigenvalue weighted by Crippen LogP contribution is -2.15. The van der Waals surface area contributed by atoms with E-state index in [1.807, 2.05) is 0 Å². The molecular weight excluding hydrogens is 238 g/mol. The highest BCUT2D eigenvalue weighted by Gasteiger charge is 2.09. The summed E-state index contributed by atoms with van der Waals surface area (Å²) in [6.07, 6.45) is 3.37. The number of nitrogens with two attached hydrogens (primary N) is 1. The minimum absolute atomic E-state index is 0.00874. The summed E-state index contributed by atoms with van der Waals surface area (Å²) in [6.45, 7) is 2.79. The number of amides is 1. The molecule has 0 spiro atoms. The summed E-state index contributed by atoms with van der Waals surface area (Å²) in [5.41, 5.74) is 6.76. The number of nitrogens with one attached hydrogen (secondary N) is 1. The van der Waals surface area contributed by atoms with E-state index in [4.69, 9.17) is 11.0 Å². The number of rotatable bonds is 7. The third-order valence-electron chi connectivity index (χ3n) is 3.21. The molecule has 0 heterocycles. The normalized spacial score (nSPS) is 11.6. The van der Waals surface area contributed by atoms with Gasteiger partial charge in [-0.15, -0.1) is 0 Å². The lowest BCUT2D eigenvalue weighted by Gasteiger charge is -2.13. The molecule has 1 aromatic rings. The molecule has 4 heteroatoms. The quantitative estimate of drug-likeness (QED) is 0.790. The van der Waals surface area contributed by atoms with Crippen molar-refractivity contribution in [2.75, 3.05) is 11.9 Å². The first-order valence-corrected chi connectivity index (χ1v) is 6.69. The number of hydrogen-bond acceptors (Lipinski definition) is 3. The van der Waals surface area contributed by atoms with Crippen LogP contribution < -0.4 is 11.1 Å². The molecule has 0 aliphatic rings. The number of benzene rings is 1. The third kappa shape index (κ3) is 5.54. The van der Waals surface area contributed by atoms with Gasteiger partial charge in [0.1, 0.15) is 0 Å². The summed E-state index contributed by atoms with van der Waals surface area (Å²) < 4.78 is 0. The van der Waals surface area contributed by atoms with Gasteiger partial charge in [-0.1, -0.05) is 19.4 Å². The molecule has 0 aliphatic carbocycles. The second kappa shape index (κ2) is 8.28. The van der Waals surface area contributed by atoms with Crippen LogP contribution in [0.15, 0.2) is 24.3 Å². The molecule has 0 aliphatic heterocycles. The highest BCUT2D eigenvalue weighted by Crippen LogP contribution is 2.16. The fraction of sp³-hybridized carbons (Fsp3) is 0.467. The average molecular weight is 259 g/mol. The molecule has 0 bridgehead atoms. The van der Waals surface area contributed by atoms with Gasteiger partial charge in [-0.3, -0.25) is 4.79 Å². The van der Waals surface area contributed by atoms with Crippen LogP contribution >= 0.6 is 0 Å². The van der Waals surface area contributed by atoms with E-state index < -0.39 is 0 Å². The molecule has 19 heavy (non-hydrogen) atoms. The zero-order valence-electron chi connectivity index (χ0n) is 11.4. The maximum absolute atomic E-state index is 11.8. The van der Waals surface area contributed by atoms with Crippen LogP contribution in [0.2, 0.25) is 0 Å². The molecule has 1 amide bonds. The Bertz CT molecular complexity index is 451. The Morgan fingerprint density at radius 3 is 2.89 bits per heavy atom. The molecule has 1 unspecified atom stereocenters. The van der Waals surface area contributed by atoms with Crippen molar-refractivity contribution in [2.45, 2.75) is 32.6 Å². The van der Waals surface area contributed by atoms with E-state index in [-0.39, 0.29) is 5.91 Å². The van der Waals surface area contributed by atoms with Gasteiger partial charge >= 0.3 is 0 Å². The Hall–Kier alpha value is -1.86. The first-order chi connectivity index (χ1) is 9.19. The summed E-state index contributed by atoms with van der Waals surface area (Å²) in [7, 11) is 0. The SMILES string of the molecule is CCC(CCN)CCC(=O)Nc1cccc(C#N)c1. The van der Waals surface area contributed by atoms with Crippen LogP contribution in [0.1, 0.15) is 38.2 Å². The van der Waals surface area contributed by atoms with Crippen LogP contribution in [0.5, 0.6) is 0 Å². The molecule has 0 fully saturated rings. The first-order valence-electron chi connectivity index (χ1n) is 6.69. The highest BCUT2D eigenvalue weighted by atomic mass is 16.1. The predicted molar refractivity (Wildman–Crippen MR) is 76.5 cm³/mol. The van der Waals surface area contributed by atoms with Crippen LogP contribution in [-0.2, 0) is 4.79 Å². The average Bonchev–Trinajstić information content (AvgIpc) is 2.43. The van der Waals surface area contributed by atoms with Crippen molar-refractivity contribution in [3.63, 3.8) is 0 Å². The lowest BCUT2D eigenvalue weighted by molar-refractivity contribution is -0.116. The maximum Gasteiger partial charge on any atom is 0.224 e. The largest absolute Gasteiger partial charge is 0.330 e. The van der Waals surface area contributed by atoms with E-state index in [0.717, 1.165) is 19.3 Å². The standard InChI is InChI=1S/C15H21N3O/c1-2-12(8-9-16)6-7-15(19)18-14-5-3-4-13(10-14)11-17/h3-5,10,12H,2,6-9,16H2,1H3,(H,18,19). The van der Waals surface area contributed by atoms with Gasteiger partial charge in [0, 0.05) is 12.1 Å². The number of anilines is 1. The van der Waals surface area contributed by atoms with Gasteiger partial charge in [-0.2, -0.15) is 5.26 Å². The number of nitrogens with zero attached hydrogens (tertiary/aromatic N) is 1. The molecular formula is C15H21N3O. The summed E-state index contributed by atoms with van der Waals surface area (Å²) in [5, 5.41) is 11.6. The van der Waals surface area contributed by atoms with Gasteiger partial charge in [0.15, 0.2) is 0 Å². The zero-order valence-corrected chi connectivity index (χ0v) is 11.4. The van der Waals surface area contributed by atoms with Crippen molar-refractivity contribution >= 4 is 11.6 Å². The molecule has 1 rings (SSSR count). The van der Waals surface area contributed by atoms with Crippen molar-refractivity contribution < 1.29 is 4.79 Å². The lowest BCUT2D eigenvalue weighted by atomic mass is 9.96. The van der Waals surface area contributed by atoms with E-state index >= 15 is 0 Å². The number of hydrogen-bond donors (Lipinski definition) is 2. The van der Waals surface area contributed by atoms with Crippen molar-refractivity contribution in [3.8, 4) is 6.07 Å². The van der Waals surface area contributed by atoms with E-state index in [9.17, 15) is 4.79 Å². The van der Waals surface area contributed by atoms with Crippen molar-refractivity contribution in [1.29, 1.82) is 5.26 Å². The van der Waals surface area contributed by atoms with Crippen molar-refractivity contribution in [3.05, 3.63) is 29.8 Å². The molecule has 0 saturated carbocycles. The minimum atomic E-state index is -0.00874. The third-order valence-corrected chi connectivity index (χ3v) is 3.21. The van der Waals surface area contributed by atoms with E-state index in [1.54, 1.807) is 24.3 Å². The van der Waals surface area contributed by atoms with Gasteiger partial charge in [0.2, 0.25) is 5.91 Å². The molecule has 1 aromatic carbocycles. The molecule has 3 N–H and O–H groups in total. The van der Waals surface area contributed by atoms with E-state index in [2.05, 4.69) is 18.3 Å². The van der Waals surface area contributed by atoms with Crippen LogP contribution in [-0.4, -0.2) is 12.5 Å². The van der Waals surface area contributed by atoms with E-state index in [0.29, 0.717) is 30.1 Å². The summed E-state index contributed by atoms with van der Waals surface area (Å²) >= 11 is 0. The topological polar surface area (TPSA) is 78.9 Å². The zero-order chi connectivity index (χ0) is 14.1. The maximum atomic E-state index is 11.8. The molecule has 0 aromatic heterocycles. The number of carbonyl (C=O) groups excluding carboxylic acids is 1. The number of nitriles is 1. The smallest absolute Gasteiger partial charge is 0.224 e. The molecule has 0 saturated heterocycles. The summed E-state index contributed by atoms with van der Waals surface area (Å²) in [4.78, 5) is 11.8. The fourth-order valence-corrected chi connectivity index (χ4v) is 2.01. The number of carbonyl (C=O) groups is 1. The van der Waals surface area contributed by atoms with Gasteiger partial charge in [0.05, 0.1) is 11.6 Å². The van der Waals surface area contributed by atoms with Crippen LogP contribution in [0, 0.1) is 17.2 Å². The summed E-state index contributed by atoms with van der Waals surface area (Å²) in [5.74, 6) is 0.506. The minimum Gasteiger partial charge on any atom is -0.330 e. The molecule has 4 nitrogen and oxygen atoms in total.